The molecule has 0 atom stereocenters. The number of ether oxygens (including phenoxy) is 1. The molecule has 1 aromatic carbocycles. The van der Waals surface area contributed by atoms with Crippen LogP contribution in [0.25, 0.3) is 0 Å². The predicted octanol–water partition coefficient (Wildman–Crippen LogP) is 2.80. The summed E-state index contributed by atoms with van der Waals surface area (Å²) in [5.74, 6) is 0.620. The van der Waals surface area contributed by atoms with Gasteiger partial charge in [0.25, 0.3) is 9.04 Å². The van der Waals surface area contributed by atoms with E-state index < -0.39 is 15.0 Å². The highest BCUT2D eigenvalue weighted by molar-refractivity contribution is 6.49. The molecule has 0 aromatic heterocycles. The molecule has 1 aromatic rings. The quantitative estimate of drug-likeness (QED) is 0.348. The maximum Gasteiger partial charge on any atom is 0.338 e. The van der Waals surface area contributed by atoms with E-state index in [0.717, 1.165) is 0 Å². The van der Waals surface area contributed by atoms with Gasteiger partial charge in [-0.25, -0.2) is 4.79 Å². The topological polar surface area (TPSA) is 35.5 Å². The Morgan fingerprint density at radius 1 is 1.25 bits per heavy atom. The van der Waals surface area contributed by atoms with Gasteiger partial charge < -0.3 is 9.16 Å². The van der Waals surface area contributed by atoms with Gasteiger partial charge in [-0.3, -0.25) is 0 Å². The van der Waals surface area contributed by atoms with Gasteiger partial charge in [0.2, 0.25) is 0 Å². The Morgan fingerprint density at radius 3 is 2.31 bits per heavy atom. The first-order valence-corrected chi connectivity index (χ1v) is 7.36. The van der Waals surface area contributed by atoms with Crippen molar-refractivity contribution in [2.24, 2.45) is 0 Å². The molecule has 0 aliphatic carbocycles. The molecular formula is C12H15O3Si. The van der Waals surface area contributed by atoms with Gasteiger partial charge in [-0.15, -0.1) is 0 Å². The number of hydrogen-bond acceptors (Lipinski definition) is 3. The van der Waals surface area contributed by atoms with Crippen molar-refractivity contribution >= 4 is 15.0 Å². The molecular weight excluding hydrogens is 220 g/mol. The molecule has 4 heteroatoms. The van der Waals surface area contributed by atoms with E-state index in [-0.39, 0.29) is 0 Å². The Kier molecular flexibility index (Phi) is 4.31. The van der Waals surface area contributed by atoms with Crippen molar-refractivity contribution in [1.82, 2.24) is 0 Å². The third kappa shape index (κ3) is 3.55. The molecule has 0 N–H and O–H groups in total. The number of carbonyl (C=O) groups excluding carboxylic acids is 1. The molecule has 0 spiro atoms. The summed E-state index contributed by atoms with van der Waals surface area (Å²) in [6.45, 7) is 9.18. The van der Waals surface area contributed by atoms with Crippen molar-refractivity contribution in [3.05, 3.63) is 36.4 Å². The first-order chi connectivity index (χ1) is 7.50. The van der Waals surface area contributed by atoms with Gasteiger partial charge in [-0.2, -0.15) is 0 Å². The minimum Gasteiger partial charge on any atom is -0.540 e. The molecule has 0 saturated heterocycles. The third-order valence-corrected chi connectivity index (χ3v) is 2.34. The van der Waals surface area contributed by atoms with E-state index in [0.29, 0.717) is 17.1 Å². The zero-order valence-electron chi connectivity index (χ0n) is 9.74. The van der Waals surface area contributed by atoms with E-state index in [2.05, 4.69) is 6.58 Å². The van der Waals surface area contributed by atoms with Crippen LogP contribution in [0.2, 0.25) is 13.1 Å². The fourth-order valence-electron chi connectivity index (χ4n) is 1.03. The van der Waals surface area contributed by atoms with Crippen molar-refractivity contribution < 1.29 is 14.0 Å². The summed E-state index contributed by atoms with van der Waals surface area (Å²) in [6, 6.07) is 7.14. The molecule has 0 fully saturated rings. The summed E-state index contributed by atoms with van der Waals surface area (Å²) in [4.78, 5) is 11.4. The molecule has 0 unspecified atom stereocenters. The summed E-state index contributed by atoms with van der Waals surface area (Å²) >= 11 is 0. The highest BCUT2D eigenvalue weighted by Gasteiger charge is 2.11. The van der Waals surface area contributed by atoms with Crippen molar-refractivity contribution in [3.63, 3.8) is 0 Å². The van der Waals surface area contributed by atoms with Crippen LogP contribution in [0.1, 0.15) is 6.92 Å². The van der Waals surface area contributed by atoms with Crippen molar-refractivity contribution in [2.45, 2.75) is 20.0 Å². The predicted molar refractivity (Wildman–Crippen MR) is 65.0 cm³/mol. The van der Waals surface area contributed by atoms with Crippen LogP contribution >= 0.6 is 0 Å². The average molecular weight is 235 g/mol. The molecule has 1 rings (SSSR count). The molecule has 0 aliphatic rings. The lowest BCUT2D eigenvalue weighted by Gasteiger charge is -2.12. The molecule has 85 valence electrons. The molecule has 0 amide bonds. The lowest BCUT2D eigenvalue weighted by Crippen LogP contribution is -2.14. The van der Waals surface area contributed by atoms with Crippen LogP contribution in [0.4, 0.5) is 0 Å². The Hall–Kier alpha value is -1.55. The van der Waals surface area contributed by atoms with Gasteiger partial charge in [-0.1, -0.05) is 18.7 Å². The van der Waals surface area contributed by atoms with Crippen LogP contribution in [-0.2, 0) is 4.79 Å². The Labute approximate surface area is 97.4 Å². The van der Waals surface area contributed by atoms with Crippen LogP contribution in [0.3, 0.4) is 0 Å². The second-order valence-corrected chi connectivity index (χ2v) is 5.65. The second-order valence-electron chi connectivity index (χ2n) is 3.63. The summed E-state index contributed by atoms with van der Waals surface area (Å²) in [6.07, 6.45) is 0. The SMILES string of the molecule is C=C(C)C(=O)Oc1ccccc1O[Si](C)C. The van der Waals surface area contributed by atoms with Crippen LogP contribution in [0.15, 0.2) is 36.4 Å². The fraction of sp³-hybridized carbons (Fsp3) is 0.250. The van der Waals surface area contributed by atoms with Gasteiger partial charge in [0.05, 0.1) is 0 Å². The normalized spacial score (nSPS) is 10.0. The fourth-order valence-corrected chi connectivity index (χ4v) is 1.63. The highest BCUT2D eigenvalue weighted by atomic mass is 28.3. The third-order valence-electron chi connectivity index (χ3n) is 1.71. The number of benzene rings is 1. The lowest BCUT2D eigenvalue weighted by molar-refractivity contribution is -0.130. The average Bonchev–Trinajstić information content (AvgIpc) is 2.20. The molecule has 1 radical (unpaired) electrons. The van der Waals surface area contributed by atoms with Crippen LogP contribution in [0.5, 0.6) is 11.5 Å². The second kappa shape index (κ2) is 5.51. The van der Waals surface area contributed by atoms with E-state index in [1.807, 2.05) is 19.2 Å². The standard InChI is InChI=1S/C12H15O3Si/c1-9(2)12(13)14-10-7-5-6-8-11(10)15-16(3)4/h5-8H,1H2,2-4H3. The molecule has 0 heterocycles. The van der Waals surface area contributed by atoms with Crippen LogP contribution in [-0.4, -0.2) is 15.0 Å². The van der Waals surface area contributed by atoms with Crippen molar-refractivity contribution in [1.29, 1.82) is 0 Å². The lowest BCUT2D eigenvalue weighted by atomic mass is 10.3. The first-order valence-electron chi connectivity index (χ1n) is 4.95. The molecule has 0 saturated carbocycles. The zero-order valence-corrected chi connectivity index (χ0v) is 10.7. The Balaban J connectivity index is 2.86. The number of hydrogen-bond donors (Lipinski definition) is 0. The molecule has 0 aliphatic heterocycles. The maximum atomic E-state index is 11.4. The summed E-state index contributed by atoms with van der Waals surface area (Å²) in [5.41, 5.74) is 0.369. The minimum atomic E-state index is -0.878. The van der Waals surface area contributed by atoms with Crippen molar-refractivity contribution in [3.8, 4) is 11.5 Å². The Morgan fingerprint density at radius 2 is 1.81 bits per heavy atom. The van der Waals surface area contributed by atoms with E-state index in [9.17, 15) is 4.79 Å². The summed E-state index contributed by atoms with van der Waals surface area (Å²) in [7, 11) is -0.878. The van der Waals surface area contributed by atoms with Gasteiger partial charge in [0.1, 0.15) is 5.75 Å². The number of rotatable bonds is 4. The summed E-state index contributed by atoms with van der Waals surface area (Å²) in [5, 5.41) is 0. The largest absolute Gasteiger partial charge is 0.540 e. The van der Waals surface area contributed by atoms with E-state index in [1.165, 1.54) is 0 Å². The van der Waals surface area contributed by atoms with Crippen LogP contribution in [0, 0.1) is 0 Å². The van der Waals surface area contributed by atoms with E-state index in [1.54, 1.807) is 25.1 Å². The molecule has 3 nitrogen and oxygen atoms in total. The maximum absolute atomic E-state index is 11.4. The zero-order chi connectivity index (χ0) is 12.1. The van der Waals surface area contributed by atoms with Gasteiger partial charge in [-0.05, 0) is 32.2 Å². The molecule has 16 heavy (non-hydrogen) atoms. The van der Waals surface area contributed by atoms with Gasteiger partial charge >= 0.3 is 5.97 Å². The van der Waals surface area contributed by atoms with Gasteiger partial charge in [0, 0.05) is 5.57 Å². The number of carbonyl (C=O) groups is 1. The number of para-hydroxylation sites is 2. The van der Waals surface area contributed by atoms with E-state index in [4.69, 9.17) is 9.16 Å². The van der Waals surface area contributed by atoms with Crippen molar-refractivity contribution in [2.75, 3.05) is 0 Å². The van der Waals surface area contributed by atoms with Crippen LogP contribution < -0.4 is 9.16 Å². The number of esters is 1. The molecule has 0 bridgehead atoms. The van der Waals surface area contributed by atoms with Gasteiger partial charge in [0.15, 0.2) is 5.75 Å². The summed E-state index contributed by atoms with van der Waals surface area (Å²) < 4.78 is 10.8. The smallest absolute Gasteiger partial charge is 0.338 e. The minimum absolute atomic E-state index is 0.369. The van der Waals surface area contributed by atoms with E-state index >= 15 is 0 Å². The highest BCUT2D eigenvalue weighted by Crippen LogP contribution is 2.27. The monoisotopic (exact) mass is 235 g/mol. The first kappa shape index (κ1) is 12.5. The Bertz CT molecular complexity index is 399.